The first kappa shape index (κ1) is 17.1. The van der Waals surface area contributed by atoms with Crippen LogP contribution in [0, 0.1) is 16.7 Å². The predicted molar refractivity (Wildman–Crippen MR) is 92.4 cm³/mol. The third-order valence-electron chi connectivity index (χ3n) is 5.71. The van der Waals surface area contributed by atoms with Crippen molar-refractivity contribution in [2.24, 2.45) is 16.7 Å². The summed E-state index contributed by atoms with van der Waals surface area (Å²) in [6.07, 6.45) is 2.05. The van der Waals surface area contributed by atoms with Crippen LogP contribution < -0.4 is 4.72 Å². The minimum Gasteiger partial charge on any atom is -0.299 e. The topological polar surface area (TPSA) is 63.2 Å². The average Bonchev–Trinajstić information content (AvgIpc) is 2.70. The largest absolute Gasteiger partial charge is 0.299 e. The number of halogens is 2. The number of ketones is 1. The molecule has 0 aliphatic heterocycles. The van der Waals surface area contributed by atoms with Crippen molar-refractivity contribution in [1.29, 1.82) is 0 Å². The number of anilines is 1. The molecule has 2 aliphatic carbocycles. The van der Waals surface area contributed by atoms with Crippen LogP contribution >= 0.6 is 23.2 Å². The van der Waals surface area contributed by atoms with Gasteiger partial charge >= 0.3 is 0 Å². The number of Topliss-reactive ketones (excluding diaryl/α,β-unsaturated/α-hetero) is 1. The zero-order valence-electron chi connectivity index (χ0n) is 13.0. The van der Waals surface area contributed by atoms with E-state index in [1.165, 1.54) is 18.2 Å². The van der Waals surface area contributed by atoms with Gasteiger partial charge in [-0.1, -0.05) is 37.0 Å². The van der Waals surface area contributed by atoms with Crippen LogP contribution in [0.3, 0.4) is 0 Å². The highest BCUT2D eigenvalue weighted by atomic mass is 35.5. The SMILES string of the molecule is CC1(C)[C@H]2CC[C@@]1(CS(=O)(=O)Nc1cc(Cl)cc(Cl)c1)C(=O)C2. The molecule has 0 heterocycles. The fraction of sp³-hybridized carbons (Fsp3) is 0.562. The van der Waals surface area contributed by atoms with Crippen molar-refractivity contribution < 1.29 is 13.2 Å². The first-order chi connectivity index (χ1) is 10.6. The summed E-state index contributed by atoms with van der Waals surface area (Å²) >= 11 is 11.8. The lowest BCUT2D eigenvalue weighted by atomic mass is 9.70. The summed E-state index contributed by atoms with van der Waals surface area (Å²) in [6, 6.07) is 4.54. The number of hydrogen-bond donors (Lipinski definition) is 1. The van der Waals surface area contributed by atoms with E-state index in [-0.39, 0.29) is 22.9 Å². The Morgan fingerprint density at radius 1 is 1.22 bits per heavy atom. The molecule has 23 heavy (non-hydrogen) atoms. The monoisotopic (exact) mass is 375 g/mol. The molecule has 0 spiro atoms. The Labute approximate surface area is 146 Å². The number of fused-ring (bicyclic) bond motifs is 2. The standard InChI is InChI=1S/C16H19Cl2NO3S/c1-15(2)10-3-4-16(15,14(20)5-10)9-23(21,22)19-13-7-11(17)6-12(18)8-13/h6-8,10,19H,3-5,9H2,1-2H3/t10-,16+/m0/s1. The van der Waals surface area contributed by atoms with Gasteiger partial charge in [0.25, 0.3) is 0 Å². The van der Waals surface area contributed by atoms with Gasteiger partial charge in [0.05, 0.1) is 16.9 Å². The maximum Gasteiger partial charge on any atom is 0.233 e. The minimum atomic E-state index is -3.69. The predicted octanol–water partition coefficient (Wildman–Crippen LogP) is 4.13. The van der Waals surface area contributed by atoms with Crippen molar-refractivity contribution in [2.45, 2.75) is 33.1 Å². The van der Waals surface area contributed by atoms with Crippen LogP contribution in [0.2, 0.25) is 10.0 Å². The van der Waals surface area contributed by atoms with Gasteiger partial charge in [-0.25, -0.2) is 8.42 Å². The van der Waals surface area contributed by atoms with Crippen molar-refractivity contribution in [3.63, 3.8) is 0 Å². The van der Waals surface area contributed by atoms with Gasteiger partial charge in [0, 0.05) is 16.5 Å². The second-order valence-corrected chi connectivity index (χ2v) is 9.78. The number of rotatable bonds is 4. The molecule has 0 saturated heterocycles. The van der Waals surface area contributed by atoms with Gasteiger partial charge in [-0.05, 0) is 42.4 Å². The highest BCUT2D eigenvalue weighted by Gasteiger charge is 2.65. The van der Waals surface area contributed by atoms with Gasteiger partial charge in [0.1, 0.15) is 5.78 Å². The van der Waals surface area contributed by atoms with E-state index in [0.717, 1.165) is 6.42 Å². The first-order valence-corrected chi connectivity index (χ1v) is 9.96. The fourth-order valence-electron chi connectivity index (χ4n) is 4.26. The van der Waals surface area contributed by atoms with Crippen molar-refractivity contribution in [3.8, 4) is 0 Å². The lowest BCUT2D eigenvalue weighted by Gasteiger charge is -2.36. The van der Waals surface area contributed by atoms with E-state index in [0.29, 0.717) is 28.6 Å². The number of sulfonamides is 1. The van der Waals surface area contributed by atoms with Crippen LogP contribution in [0.4, 0.5) is 5.69 Å². The lowest BCUT2D eigenvalue weighted by molar-refractivity contribution is -0.128. The summed E-state index contributed by atoms with van der Waals surface area (Å²) in [7, 11) is -3.69. The van der Waals surface area contributed by atoms with Crippen molar-refractivity contribution in [2.75, 3.05) is 10.5 Å². The molecule has 1 aromatic carbocycles. The van der Waals surface area contributed by atoms with Crippen LogP contribution in [0.25, 0.3) is 0 Å². The van der Waals surface area contributed by atoms with E-state index < -0.39 is 15.4 Å². The Morgan fingerprint density at radius 2 is 1.83 bits per heavy atom. The van der Waals surface area contributed by atoms with Gasteiger partial charge in [0.2, 0.25) is 10.0 Å². The molecule has 2 fully saturated rings. The molecular formula is C16H19Cl2NO3S. The first-order valence-electron chi connectivity index (χ1n) is 7.56. The summed E-state index contributed by atoms with van der Waals surface area (Å²) in [4.78, 5) is 12.5. The number of hydrogen-bond acceptors (Lipinski definition) is 3. The summed E-state index contributed by atoms with van der Waals surface area (Å²) in [5, 5.41) is 0.707. The van der Waals surface area contributed by atoms with Crippen LogP contribution in [0.5, 0.6) is 0 Å². The molecule has 0 radical (unpaired) electrons. The van der Waals surface area contributed by atoms with Crippen molar-refractivity contribution >= 4 is 44.7 Å². The van der Waals surface area contributed by atoms with E-state index in [1.54, 1.807) is 0 Å². The average molecular weight is 376 g/mol. The van der Waals surface area contributed by atoms with E-state index in [4.69, 9.17) is 23.2 Å². The Hall–Kier alpha value is -0.780. The molecule has 4 nitrogen and oxygen atoms in total. The van der Waals surface area contributed by atoms with Gasteiger partial charge in [-0.15, -0.1) is 0 Å². The van der Waals surface area contributed by atoms with Gasteiger partial charge in [-0.3, -0.25) is 9.52 Å². The zero-order valence-corrected chi connectivity index (χ0v) is 15.4. The molecule has 7 heteroatoms. The number of carbonyl (C=O) groups excluding carboxylic acids is 1. The Balaban J connectivity index is 1.88. The maximum atomic E-state index is 12.6. The molecule has 1 aromatic rings. The summed E-state index contributed by atoms with van der Waals surface area (Å²) < 4.78 is 27.8. The molecule has 0 amide bonds. The van der Waals surface area contributed by atoms with Crippen LogP contribution in [0.1, 0.15) is 33.1 Å². The number of nitrogens with one attached hydrogen (secondary N) is 1. The Kier molecular flexibility index (Phi) is 3.98. The van der Waals surface area contributed by atoms with Crippen LogP contribution in [0.15, 0.2) is 18.2 Å². The highest BCUT2D eigenvalue weighted by Crippen LogP contribution is 2.64. The molecule has 2 bridgehead atoms. The fourth-order valence-corrected chi connectivity index (χ4v) is 6.66. The molecule has 0 unspecified atom stereocenters. The normalized spacial score (nSPS) is 29.0. The Bertz CT molecular complexity index is 755. The molecule has 1 N–H and O–H groups in total. The highest BCUT2D eigenvalue weighted by molar-refractivity contribution is 7.92. The van der Waals surface area contributed by atoms with E-state index in [9.17, 15) is 13.2 Å². The van der Waals surface area contributed by atoms with Crippen LogP contribution in [-0.4, -0.2) is 20.0 Å². The zero-order chi connectivity index (χ0) is 17.0. The third-order valence-corrected chi connectivity index (χ3v) is 7.57. The van der Waals surface area contributed by atoms with E-state index in [1.807, 2.05) is 13.8 Å². The number of carbonyl (C=O) groups is 1. The quantitative estimate of drug-likeness (QED) is 0.860. The second kappa shape index (κ2) is 5.36. The minimum absolute atomic E-state index is 0.0771. The second-order valence-electron chi connectivity index (χ2n) is 7.19. The maximum absolute atomic E-state index is 12.6. The molecule has 2 saturated carbocycles. The molecule has 2 atom stereocenters. The van der Waals surface area contributed by atoms with Gasteiger partial charge in [-0.2, -0.15) is 0 Å². The van der Waals surface area contributed by atoms with Gasteiger partial charge < -0.3 is 0 Å². The number of benzene rings is 1. The molecule has 0 aromatic heterocycles. The summed E-state index contributed by atoms with van der Waals surface area (Å²) in [6.45, 7) is 4.03. The smallest absolute Gasteiger partial charge is 0.233 e. The molecule has 126 valence electrons. The van der Waals surface area contributed by atoms with Crippen molar-refractivity contribution in [3.05, 3.63) is 28.2 Å². The molecule has 2 aliphatic rings. The van der Waals surface area contributed by atoms with E-state index >= 15 is 0 Å². The van der Waals surface area contributed by atoms with Gasteiger partial charge in [0.15, 0.2) is 0 Å². The van der Waals surface area contributed by atoms with E-state index in [2.05, 4.69) is 4.72 Å². The lowest BCUT2D eigenvalue weighted by Crippen LogP contribution is -2.43. The molecular weight excluding hydrogens is 357 g/mol. The van der Waals surface area contributed by atoms with Crippen LogP contribution in [-0.2, 0) is 14.8 Å². The third kappa shape index (κ3) is 2.77. The summed E-state index contributed by atoms with van der Waals surface area (Å²) in [5.41, 5.74) is -0.756. The summed E-state index contributed by atoms with van der Waals surface area (Å²) in [5.74, 6) is 0.172. The van der Waals surface area contributed by atoms with Crippen molar-refractivity contribution in [1.82, 2.24) is 0 Å². The molecule has 3 rings (SSSR count). The Morgan fingerprint density at radius 3 is 2.30 bits per heavy atom.